The third-order valence-electron chi connectivity index (χ3n) is 4.15. The number of halogens is 2. The summed E-state index contributed by atoms with van der Waals surface area (Å²) in [7, 11) is 1.66. The lowest BCUT2D eigenvalue weighted by atomic mass is 10.1. The Hall–Kier alpha value is -2.21. The summed E-state index contributed by atoms with van der Waals surface area (Å²) in [6.07, 6.45) is 1.79. The highest BCUT2D eigenvalue weighted by molar-refractivity contribution is 9.10. The number of methoxy groups -OCH3 is 1. The standard InChI is InChI=1S/C20H15BrClN3O/c1-26-12-17-19(13-6-8-14(21)9-7-13)20-23-11-10-18(25(20)24-17)15-4-2-3-5-16(15)22/h2-11H,12H2,1H3. The van der Waals surface area contributed by atoms with Crippen molar-refractivity contribution in [1.29, 1.82) is 0 Å². The molecule has 0 atom stereocenters. The van der Waals surface area contributed by atoms with E-state index in [0.29, 0.717) is 11.6 Å². The molecule has 4 aromatic rings. The van der Waals surface area contributed by atoms with Crippen molar-refractivity contribution in [2.45, 2.75) is 6.61 Å². The van der Waals surface area contributed by atoms with Crippen molar-refractivity contribution in [3.8, 4) is 22.4 Å². The van der Waals surface area contributed by atoms with E-state index in [-0.39, 0.29) is 0 Å². The smallest absolute Gasteiger partial charge is 0.163 e. The predicted molar refractivity (Wildman–Crippen MR) is 107 cm³/mol. The van der Waals surface area contributed by atoms with Crippen LogP contribution >= 0.6 is 27.5 Å². The number of fused-ring (bicyclic) bond motifs is 1. The van der Waals surface area contributed by atoms with E-state index in [0.717, 1.165) is 38.2 Å². The number of rotatable bonds is 4. The van der Waals surface area contributed by atoms with E-state index >= 15 is 0 Å². The summed E-state index contributed by atoms with van der Waals surface area (Å²) >= 11 is 9.89. The number of hydrogen-bond acceptors (Lipinski definition) is 3. The average molecular weight is 429 g/mol. The van der Waals surface area contributed by atoms with Crippen LogP contribution in [0.5, 0.6) is 0 Å². The summed E-state index contributed by atoms with van der Waals surface area (Å²) in [6.45, 7) is 0.400. The van der Waals surface area contributed by atoms with Gasteiger partial charge in [-0.15, -0.1) is 0 Å². The zero-order valence-electron chi connectivity index (χ0n) is 14.0. The maximum Gasteiger partial charge on any atom is 0.163 e. The minimum Gasteiger partial charge on any atom is -0.378 e. The number of hydrogen-bond donors (Lipinski definition) is 0. The third-order valence-corrected chi connectivity index (χ3v) is 5.01. The van der Waals surface area contributed by atoms with Crippen LogP contribution in [0.4, 0.5) is 0 Å². The Bertz CT molecular complexity index is 1080. The van der Waals surface area contributed by atoms with Crippen molar-refractivity contribution in [1.82, 2.24) is 14.6 Å². The average Bonchev–Trinajstić information content (AvgIpc) is 3.01. The molecule has 2 aromatic carbocycles. The van der Waals surface area contributed by atoms with Gasteiger partial charge >= 0.3 is 0 Å². The van der Waals surface area contributed by atoms with Crippen molar-refractivity contribution < 1.29 is 4.74 Å². The molecular weight excluding hydrogens is 414 g/mol. The number of aromatic nitrogens is 3. The maximum absolute atomic E-state index is 6.41. The van der Waals surface area contributed by atoms with Gasteiger partial charge in [-0.2, -0.15) is 5.10 Å². The first-order chi connectivity index (χ1) is 12.7. The van der Waals surface area contributed by atoms with E-state index in [1.54, 1.807) is 13.3 Å². The lowest BCUT2D eigenvalue weighted by molar-refractivity contribution is 0.181. The quantitative estimate of drug-likeness (QED) is 0.423. The molecule has 2 heterocycles. The monoisotopic (exact) mass is 427 g/mol. The summed E-state index contributed by atoms with van der Waals surface area (Å²) in [5.74, 6) is 0. The molecule has 0 saturated carbocycles. The van der Waals surface area contributed by atoms with Crippen LogP contribution in [0.2, 0.25) is 5.02 Å². The molecule has 0 unspecified atom stereocenters. The number of nitrogens with zero attached hydrogens (tertiary/aromatic N) is 3. The van der Waals surface area contributed by atoms with Gasteiger partial charge in [0.2, 0.25) is 0 Å². The largest absolute Gasteiger partial charge is 0.378 e. The summed E-state index contributed by atoms with van der Waals surface area (Å²) in [6, 6.07) is 17.8. The van der Waals surface area contributed by atoms with Crippen molar-refractivity contribution in [2.24, 2.45) is 0 Å². The zero-order chi connectivity index (χ0) is 18.1. The molecule has 4 rings (SSSR count). The van der Waals surface area contributed by atoms with Gasteiger partial charge in [0.15, 0.2) is 5.65 Å². The van der Waals surface area contributed by atoms with Crippen molar-refractivity contribution >= 4 is 33.2 Å². The van der Waals surface area contributed by atoms with Crippen LogP contribution in [0.15, 0.2) is 65.3 Å². The molecule has 2 aromatic heterocycles. The molecule has 0 saturated heterocycles. The Morgan fingerprint density at radius 2 is 1.85 bits per heavy atom. The molecule has 0 fully saturated rings. The van der Waals surface area contributed by atoms with Crippen molar-refractivity contribution in [3.63, 3.8) is 0 Å². The van der Waals surface area contributed by atoms with E-state index < -0.39 is 0 Å². The first kappa shape index (κ1) is 17.2. The van der Waals surface area contributed by atoms with Gasteiger partial charge in [-0.05, 0) is 29.8 Å². The Balaban J connectivity index is 2.00. The number of benzene rings is 2. The van der Waals surface area contributed by atoms with Crippen molar-refractivity contribution in [2.75, 3.05) is 7.11 Å². The Labute approximate surface area is 164 Å². The normalized spacial score (nSPS) is 11.2. The second-order valence-corrected chi connectivity index (χ2v) is 7.13. The van der Waals surface area contributed by atoms with Gasteiger partial charge in [0.05, 0.1) is 23.6 Å². The van der Waals surface area contributed by atoms with Crippen LogP contribution in [0, 0.1) is 0 Å². The van der Waals surface area contributed by atoms with Gasteiger partial charge in [0, 0.05) is 28.4 Å². The van der Waals surface area contributed by atoms with Crippen LogP contribution in [-0.4, -0.2) is 21.7 Å². The fourth-order valence-corrected chi connectivity index (χ4v) is 3.51. The molecule has 0 spiro atoms. The second kappa shape index (κ2) is 7.19. The van der Waals surface area contributed by atoms with E-state index in [2.05, 4.69) is 20.9 Å². The minimum absolute atomic E-state index is 0.400. The fourth-order valence-electron chi connectivity index (χ4n) is 3.01. The third kappa shape index (κ3) is 3.03. The molecule has 4 nitrogen and oxygen atoms in total. The first-order valence-electron chi connectivity index (χ1n) is 8.05. The molecular formula is C20H15BrClN3O. The highest BCUT2D eigenvalue weighted by atomic mass is 79.9. The van der Waals surface area contributed by atoms with Gasteiger partial charge < -0.3 is 4.74 Å². The molecule has 0 N–H and O–H groups in total. The molecule has 26 heavy (non-hydrogen) atoms. The lowest BCUT2D eigenvalue weighted by Gasteiger charge is -2.07. The highest BCUT2D eigenvalue weighted by Crippen LogP contribution is 2.33. The molecule has 6 heteroatoms. The Kier molecular flexibility index (Phi) is 4.76. The van der Waals surface area contributed by atoms with Gasteiger partial charge in [-0.25, -0.2) is 9.50 Å². The molecule has 0 aliphatic carbocycles. The first-order valence-corrected chi connectivity index (χ1v) is 9.22. The topological polar surface area (TPSA) is 39.4 Å². The second-order valence-electron chi connectivity index (χ2n) is 5.81. The molecule has 130 valence electrons. The Morgan fingerprint density at radius 3 is 2.58 bits per heavy atom. The summed E-state index contributed by atoms with van der Waals surface area (Å²) < 4.78 is 8.24. The minimum atomic E-state index is 0.400. The maximum atomic E-state index is 6.41. The SMILES string of the molecule is COCc1nn2c(-c3ccccc3Cl)ccnc2c1-c1ccc(Br)cc1. The van der Waals surface area contributed by atoms with Gasteiger partial charge in [-0.3, -0.25) is 0 Å². The summed E-state index contributed by atoms with van der Waals surface area (Å²) in [4.78, 5) is 4.59. The highest BCUT2D eigenvalue weighted by Gasteiger charge is 2.18. The van der Waals surface area contributed by atoms with Gasteiger partial charge in [0.25, 0.3) is 0 Å². The van der Waals surface area contributed by atoms with E-state index in [4.69, 9.17) is 21.4 Å². The molecule has 0 radical (unpaired) electrons. The van der Waals surface area contributed by atoms with Crippen molar-refractivity contribution in [3.05, 3.63) is 76.0 Å². The molecule has 0 bridgehead atoms. The van der Waals surface area contributed by atoms with Crippen LogP contribution in [-0.2, 0) is 11.3 Å². The lowest BCUT2D eigenvalue weighted by Crippen LogP contribution is -1.97. The summed E-state index contributed by atoms with van der Waals surface area (Å²) in [5, 5.41) is 5.45. The zero-order valence-corrected chi connectivity index (χ0v) is 16.3. The van der Waals surface area contributed by atoms with E-state index in [1.807, 2.05) is 59.1 Å². The van der Waals surface area contributed by atoms with Crippen LogP contribution in [0.1, 0.15) is 5.69 Å². The Morgan fingerprint density at radius 1 is 1.08 bits per heavy atom. The molecule has 0 aliphatic rings. The van der Waals surface area contributed by atoms with Crippen LogP contribution in [0.25, 0.3) is 28.0 Å². The van der Waals surface area contributed by atoms with Crippen LogP contribution < -0.4 is 0 Å². The van der Waals surface area contributed by atoms with E-state index in [1.165, 1.54) is 0 Å². The van der Waals surface area contributed by atoms with E-state index in [9.17, 15) is 0 Å². The molecule has 0 amide bonds. The summed E-state index contributed by atoms with van der Waals surface area (Å²) in [5.41, 5.74) is 5.42. The molecule has 0 aliphatic heterocycles. The van der Waals surface area contributed by atoms with Gasteiger partial charge in [-0.1, -0.05) is 57.9 Å². The predicted octanol–water partition coefficient (Wildman–Crippen LogP) is 5.63. The van der Waals surface area contributed by atoms with Crippen LogP contribution in [0.3, 0.4) is 0 Å². The fraction of sp³-hybridized carbons (Fsp3) is 0.100. The van der Waals surface area contributed by atoms with Gasteiger partial charge in [0.1, 0.15) is 0 Å². The number of ether oxygens (including phenoxy) is 1.